The highest BCUT2D eigenvalue weighted by molar-refractivity contribution is 6.07. The number of carbonyl (C=O) groups excluding carboxylic acids is 2. The second kappa shape index (κ2) is 10.8. The van der Waals surface area contributed by atoms with Gasteiger partial charge in [0.05, 0.1) is 0 Å². The second-order valence-electron chi connectivity index (χ2n) is 9.57. The van der Waals surface area contributed by atoms with Crippen LogP contribution in [0.2, 0.25) is 0 Å². The zero-order valence-corrected chi connectivity index (χ0v) is 21.9. The molecular weight excluding hydrogens is 464 g/mol. The number of aromatic nitrogens is 1. The van der Waals surface area contributed by atoms with Crippen LogP contribution in [0.5, 0.6) is 0 Å². The van der Waals surface area contributed by atoms with E-state index in [0.29, 0.717) is 27.9 Å². The summed E-state index contributed by atoms with van der Waals surface area (Å²) in [5, 5.41) is 4.00. The van der Waals surface area contributed by atoms with Gasteiger partial charge in [0.2, 0.25) is 0 Å². The van der Waals surface area contributed by atoms with E-state index in [1.807, 2.05) is 67.6 Å². The number of fused-ring (bicyclic) bond motifs is 1. The van der Waals surface area contributed by atoms with E-state index in [2.05, 4.69) is 19.2 Å². The maximum absolute atomic E-state index is 13.6. The highest BCUT2D eigenvalue weighted by Gasteiger charge is 2.27. The third-order valence-electron chi connectivity index (χ3n) is 6.59. The molecule has 1 amide bonds. The molecule has 0 aliphatic rings. The van der Waals surface area contributed by atoms with Gasteiger partial charge in [0.15, 0.2) is 6.10 Å². The topological polar surface area (TPSA) is 77.4 Å². The van der Waals surface area contributed by atoms with Gasteiger partial charge in [0, 0.05) is 23.7 Å². The van der Waals surface area contributed by atoms with Crippen molar-refractivity contribution in [2.45, 2.75) is 46.1 Å². The number of esters is 1. The summed E-state index contributed by atoms with van der Waals surface area (Å²) in [5.74, 6) is -0.765. The highest BCUT2D eigenvalue weighted by atomic mass is 16.5. The SMILES string of the molecule is CCC(OC(=O)c1c(-c2ccc(C)cc2)c2ccccc2c(=O)n1C)C(=O)Nc1ccc(C(C)C)cc1. The molecular formula is C31H32N2O4. The lowest BCUT2D eigenvalue weighted by molar-refractivity contribution is -0.124. The van der Waals surface area contributed by atoms with Crippen molar-refractivity contribution in [2.24, 2.45) is 7.05 Å². The van der Waals surface area contributed by atoms with Gasteiger partial charge < -0.3 is 14.6 Å². The molecule has 4 rings (SSSR count). The molecule has 0 saturated carbocycles. The van der Waals surface area contributed by atoms with Crippen LogP contribution < -0.4 is 10.9 Å². The average molecular weight is 497 g/mol. The number of nitrogens with one attached hydrogen (secondary N) is 1. The number of nitrogens with zero attached hydrogens (tertiary/aromatic N) is 1. The van der Waals surface area contributed by atoms with E-state index in [4.69, 9.17) is 4.74 Å². The molecule has 1 heterocycles. The lowest BCUT2D eigenvalue weighted by Gasteiger charge is -2.20. The van der Waals surface area contributed by atoms with Gasteiger partial charge in [-0.15, -0.1) is 0 Å². The Morgan fingerprint density at radius 1 is 0.919 bits per heavy atom. The van der Waals surface area contributed by atoms with Crippen molar-refractivity contribution in [1.82, 2.24) is 4.57 Å². The molecule has 1 aromatic heterocycles. The largest absolute Gasteiger partial charge is 0.448 e. The molecule has 0 aliphatic heterocycles. The first-order chi connectivity index (χ1) is 17.7. The van der Waals surface area contributed by atoms with Crippen molar-refractivity contribution in [2.75, 3.05) is 5.32 Å². The number of aryl methyl sites for hydroxylation is 1. The zero-order chi connectivity index (χ0) is 26.7. The molecule has 0 fully saturated rings. The minimum Gasteiger partial charge on any atom is -0.448 e. The van der Waals surface area contributed by atoms with Crippen molar-refractivity contribution < 1.29 is 14.3 Å². The predicted octanol–water partition coefficient (Wildman–Crippen LogP) is 6.21. The monoisotopic (exact) mass is 496 g/mol. The van der Waals surface area contributed by atoms with Crippen molar-refractivity contribution in [3.05, 3.63) is 100.0 Å². The predicted molar refractivity (Wildman–Crippen MR) is 148 cm³/mol. The summed E-state index contributed by atoms with van der Waals surface area (Å²) in [6, 6.07) is 22.6. The smallest absolute Gasteiger partial charge is 0.356 e. The van der Waals surface area contributed by atoms with Crippen LogP contribution in [0.25, 0.3) is 21.9 Å². The minimum atomic E-state index is -1.02. The van der Waals surface area contributed by atoms with Crippen molar-refractivity contribution in [3.8, 4) is 11.1 Å². The number of benzene rings is 3. The van der Waals surface area contributed by atoms with Crippen LogP contribution in [-0.2, 0) is 16.6 Å². The molecule has 37 heavy (non-hydrogen) atoms. The number of rotatable bonds is 7. The van der Waals surface area contributed by atoms with E-state index in [1.54, 1.807) is 26.1 Å². The lowest BCUT2D eigenvalue weighted by atomic mass is 9.96. The van der Waals surface area contributed by atoms with Crippen LogP contribution >= 0.6 is 0 Å². The Bertz CT molecular complexity index is 1500. The molecule has 1 atom stereocenters. The van der Waals surface area contributed by atoms with Gasteiger partial charge >= 0.3 is 5.97 Å². The molecule has 1 unspecified atom stereocenters. The second-order valence-corrected chi connectivity index (χ2v) is 9.57. The maximum atomic E-state index is 13.6. The molecule has 6 nitrogen and oxygen atoms in total. The fourth-order valence-corrected chi connectivity index (χ4v) is 4.40. The Labute approximate surface area is 216 Å². The molecule has 0 saturated heterocycles. The molecule has 0 bridgehead atoms. The molecule has 1 N–H and O–H groups in total. The number of carbonyl (C=O) groups is 2. The normalized spacial score (nSPS) is 11.9. The van der Waals surface area contributed by atoms with E-state index in [1.165, 1.54) is 4.57 Å². The molecule has 4 aromatic rings. The number of pyridine rings is 1. The Morgan fingerprint density at radius 3 is 2.14 bits per heavy atom. The molecule has 190 valence electrons. The van der Waals surface area contributed by atoms with E-state index in [0.717, 1.165) is 16.7 Å². The first-order valence-corrected chi connectivity index (χ1v) is 12.5. The van der Waals surface area contributed by atoms with Crippen LogP contribution in [0, 0.1) is 6.92 Å². The summed E-state index contributed by atoms with van der Waals surface area (Å²) in [6.45, 7) is 7.97. The first-order valence-electron chi connectivity index (χ1n) is 12.5. The Morgan fingerprint density at radius 2 is 1.54 bits per heavy atom. The minimum absolute atomic E-state index is 0.111. The third kappa shape index (κ3) is 5.33. The highest BCUT2D eigenvalue weighted by Crippen LogP contribution is 2.31. The van der Waals surface area contributed by atoms with Crippen LogP contribution in [0.4, 0.5) is 5.69 Å². The summed E-state index contributed by atoms with van der Waals surface area (Å²) in [7, 11) is 1.56. The van der Waals surface area contributed by atoms with Gasteiger partial charge in [-0.25, -0.2) is 4.79 Å². The van der Waals surface area contributed by atoms with Gasteiger partial charge in [-0.1, -0.05) is 80.9 Å². The first kappa shape index (κ1) is 25.9. The van der Waals surface area contributed by atoms with E-state index in [9.17, 15) is 14.4 Å². The van der Waals surface area contributed by atoms with Gasteiger partial charge in [0.1, 0.15) is 5.69 Å². The summed E-state index contributed by atoms with van der Waals surface area (Å²) in [5.41, 5.74) is 4.06. The van der Waals surface area contributed by atoms with E-state index < -0.39 is 18.0 Å². The fourth-order valence-electron chi connectivity index (χ4n) is 4.40. The average Bonchev–Trinajstić information content (AvgIpc) is 2.90. The fraction of sp³-hybridized carbons (Fsp3) is 0.258. The van der Waals surface area contributed by atoms with Gasteiger partial charge in [-0.3, -0.25) is 9.59 Å². The number of hydrogen-bond acceptors (Lipinski definition) is 4. The number of ether oxygens (including phenoxy) is 1. The van der Waals surface area contributed by atoms with Crippen molar-refractivity contribution in [3.63, 3.8) is 0 Å². The number of hydrogen-bond donors (Lipinski definition) is 1. The molecule has 0 radical (unpaired) electrons. The summed E-state index contributed by atoms with van der Waals surface area (Å²) in [6.07, 6.45) is -0.743. The molecule has 0 spiro atoms. The standard InChI is InChI=1S/C31H32N2O4/c1-6-26(29(34)32-23-17-15-21(16-18-23)19(2)3)37-31(36)28-27(22-13-11-20(4)12-14-22)24-9-7-8-10-25(24)30(35)33(28)5/h7-19,26H,6H2,1-5H3,(H,32,34). The Hall–Kier alpha value is -4.19. The third-order valence-corrected chi connectivity index (χ3v) is 6.59. The van der Waals surface area contributed by atoms with Gasteiger partial charge in [-0.2, -0.15) is 0 Å². The quantitative estimate of drug-likeness (QED) is 0.309. The zero-order valence-electron chi connectivity index (χ0n) is 21.9. The van der Waals surface area contributed by atoms with E-state index in [-0.39, 0.29) is 17.7 Å². The Kier molecular flexibility index (Phi) is 7.58. The number of amides is 1. The van der Waals surface area contributed by atoms with Crippen molar-refractivity contribution >= 4 is 28.3 Å². The summed E-state index contributed by atoms with van der Waals surface area (Å²) in [4.78, 5) is 39.8. The van der Waals surface area contributed by atoms with Crippen LogP contribution in [-0.4, -0.2) is 22.5 Å². The summed E-state index contributed by atoms with van der Waals surface area (Å²) < 4.78 is 7.06. The van der Waals surface area contributed by atoms with Gasteiger partial charge in [0.25, 0.3) is 11.5 Å². The maximum Gasteiger partial charge on any atom is 0.356 e. The molecule has 0 aliphatic carbocycles. The molecule has 6 heteroatoms. The van der Waals surface area contributed by atoms with Gasteiger partial charge in [-0.05, 0) is 54.0 Å². The molecule has 3 aromatic carbocycles. The summed E-state index contributed by atoms with van der Waals surface area (Å²) >= 11 is 0. The lowest BCUT2D eigenvalue weighted by Crippen LogP contribution is -2.34. The number of anilines is 1. The van der Waals surface area contributed by atoms with Crippen LogP contribution in [0.15, 0.2) is 77.6 Å². The Balaban J connectivity index is 1.70. The van der Waals surface area contributed by atoms with E-state index >= 15 is 0 Å². The van der Waals surface area contributed by atoms with Crippen LogP contribution in [0.1, 0.15) is 54.7 Å². The van der Waals surface area contributed by atoms with Crippen LogP contribution in [0.3, 0.4) is 0 Å². The van der Waals surface area contributed by atoms with Crippen molar-refractivity contribution in [1.29, 1.82) is 0 Å².